The van der Waals surface area contributed by atoms with E-state index in [0.717, 1.165) is 25.1 Å². The standard InChI is InChI=1S/C23H27N/c1-5-7-11-18(3)19(4)14-22-17-24-23(16-21(22)6-2)15-20-12-9-8-10-13-20/h5-13,16,22H,2,4,14-15,17H2,1,3H3. The Labute approximate surface area is 146 Å². The largest absolute Gasteiger partial charge is 0.289 e. The van der Waals surface area contributed by atoms with Crippen LogP contribution in [0.1, 0.15) is 25.8 Å². The molecule has 0 aromatic heterocycles. The van der Waals surface area contributed by atoms with E-state index in [4.69, 9.17) is 4.99 Å². The molecule has 1 nitrogen and oxygen atoms in total. The van der Waals surface area contributed by atoms with Crippen LogP contribution in [-0.4, -0.2) is 12.3 Å². The summed E-state index contributed by atoms with van der Waals surface area (Å²) in [6.45, 7) is 13.2. The second kappa shape index (κ2) is 9.02. The second-order valence-corrected chi connectivity index (χ2v) is 6.22. The zero-order valence-electron chi connectivity index (χ0n) is 14.8. The van der Waals surface area contributed by atoms with Crippen LogP contribution in [0.3, 0.4) is 0 Å². The average molecular weight is 317 g/mol. The van der Waals surface area contributed by atoms with Crippen molar-refractivity contribution in [2.24, 2.45) is 10.9 Å². The van der Waals surface area contributed by atoms with Crippen molar-refractivity contribution in [2.75, 3.05) is 6.54 Å². The van der Waals surface area contributed by atoms with Gasteiger partial charge in [0.1, 0.15) is 0 Å². The van der Waals surface area contributed by atoms with E-state index in [1.54, 1.807) is 0 Å². The Kier molecular flexibility index (Phi) is 6.74. The molecule has 0 fully saturated rings. The fraction of sp³-hybridized carbons (Fsp3) is 0.261. The molecule has 1 heteroatoms. The van der Waals surface area contributed by atoms with Crippen LogP contribution in [0.5, 0.6) is 0 Å². The van der Waals surface area contributed by atoms with Crippen LogP contribution in [-0.2, 0) is 6.42 Å². The van der Waals surface area contributed by atoms with Crippen molar-refractivity contribution in [1.82, 2.24) is 0 Å². The van der Waals surface area contributed by atoms with Crippen molar-refractivity contribution < 1.29 is 0 Å². The molecule has 1 aromatic rings. The number of hydrogen-bond acceptors (Lipinski definition) is 1. The van der Waals surface area contributed by atoms with Gasteiger partial charge in [-0.3, -0.25) is 4.99 Å². The number of aliphatic imine (C=N–C) groups is 1. The summed E-state index contributed by atoms with van der Waals surface area (Å²) in [5.41, 5.74) is 6.11. The summed E-state index contributed by atoms with van der Waals surface area (Å²) < 4.78 is 0. The SMILES string of the molecule is C=CC1=CC(Cc2ccccc2)=NCC1CC(=C)C(C)=CC=CC. The fourth-order valence-electron chi connectivity index (χ4n) is 2.83. The quantitative estimate of drug-likeness (QED) is 0.557. The Morgan fingerprint density at radius 1 is 1.29 bits per heavy atom. The van der Waals surface area contributed by atoms with E-state index in [9.17, 15) is 0 Å². The normalized spacial score (nSPS) is 18.2. The van der Waals surface area contributed by atoms with Crippen molar-refractivity contribution in [3.8, 4) is 0 Å². The molecule has 0 N–H and O–H groups in total. The number of hydrogen-bond donors (Lipinski definition) is 0. The van der Waals surface area contributed by atoms with E-state index in [2.05, 4.69) is 62.6 Å². The topological polar surface area (TPSA) is 12.4 Å². The molecule has 0 saturated carbocycles. The molecule has 0 aliphatic carbocycles. The van der Waals surface area contributed by atoms with Gasteiger partial charge in [0, 0.05) is 24.6 Å². The molecule has 0 saturated heterocycles. The summed E-state index contributed by atoms with van der Waals surface area (Å²) >= 11 is 0. The minimum Gasteiger partial charge on any atom is -0.289 e. The van der Waals surface area contributed by atoms with Gasteiger partial charge >= 0.3 is 0 Å². The summed E-state index contributed by atoms with van der Waals surface area (Å²) in [6.07, 6.45) is 12.2. The molecule has 1 atom stereocenters. The highest BCUT2D eigenvalue weighted by molar-refractivity contribution is 5.98. The maximum absolute atomic E-state index is 4.80. The molecule has 0 amide bonds. The highest BCUT2D eigenvalue weighted by Crippen LogP contribution is 2.27. The summed E-state index contributed by atoms with van der Waals surface area (Å²) in [5, 5.41) is 0. The maximum atomic E-state index is 4.80. The van der Waals surface area contributed by atoms with E-state index in [0.29, 0.717) is 5.92 Å². The fourth-order valence-corrected chi connectivity index (χ4v) is 2.83. The lowest BCUT2D eigenvalue weighted by Crippen LogP contribution is -2.17. The van der Waals surface area contributed by atoms with Crippen LogP contribution in [0.25, 0.3) is 0 Å². The van der Waals surface area contributed by atoms with Gasteiger partial charge in [0.15, 0.2) is 0 Å². The van der Waals surface area contributed by atoms with Gasteiger partial charge in [0.05, 0.1) is 0 Å². The van der Waals surface area contributed by atoms with E-state index in [-0.39, 0.29) is 0 Å². The molecule has 0 radical (unpaired) electrons. The zero-order valence-corrected chi connectivity index (χ0v) is 14.8. The minimum absolute atomic E-state index is 0.378. The zero-order chi connectivity index (χ0) is 17.4. The van der Waals surface area contributed by atoms with Crippen molar-refractivity contribution in [2.45, 2.75) is 26.7 Å². The molecule has 1 aliphatic rings. The van der Waals surface area contributed by atoms with Gasteiger partial charge in [0.25, 0.3) is 0 Å². The highest BCUT2D eigenvalue weighted by atomic mass is 14.8. The van der Waals surface area contributed by atoms with Crippen LogP contribution < -0.4 is 0 Å². The van der Waals surface area contributed by atoms with Gasteiger partial charge in [-0.1, -0.05) is 73.4 Å². The third-order valence-electron chi connectivity index (χ3n) is 4.37. The Morgan fingerprint density at radius 2 is 2.04 bits per heavy atom. The number of dihydropyridines is 1. The van der Waals surface area contributed by atoms with E-state index in [1.165, 1.54) is 22.3 Å². The van der Waals surface area contributed by atoms with Gasteiger partial charge in [-0.05, 0) is 43.1 Å². The van der Waals surface area contributed by atoms with E-state index >= 15 is 0 Å². The molecular weight excluding hydrogens is 290 g/mol. The molecule has 1 aliphatic heterocycles. The first-order valence-electron chi connectivity index (χ1n) is 8.53. The van der Waals surface area contributed by atoms with Crippen LogP contribution in [0.15, 0.2) is 95.6 Å². The Morgan fingerprint density at radius 3 is 2.71 bits per heavy atom. The van der Waals surface area contributed by atoms with Gasteiger partial charge in [0.2, 0.25) is 0 Å². The third-order valence-corrected chi connectivity index (χ3v) is 4.37. The first-order chi connectivity index (χ1) is 11.6. The number of benzene rings is 1. The summed E-state index contributed by atoms with van der Waals surface area (Å²) in [7, 11) is 0. The molecule has 1 unspecified atom stereocenters. The first kappa shape index (κ1) is 17.9. The van der Waals surface area contributed by atoms with Crippen LogP contribution in [0, 0.1) is 5.92 Å². The molecule has 1 heterocycles. The molecule has 2 rings (SSSR count). The Bertz CT molecular complexity index is 699. The summed E-state index contributed by atoms with van der Waals surface area (Å²) in [4.78, 5) is 4.80. The number of rotatable bonds is 7. The molecule has 24 heavy (non-hydrogen) atoms. The van der Waals surface area contributed by atoms with Crippen molar-refractivity contribution in [1.29, 1.82) is 0 Å². The smallest absolute Gasteiger partial charge is 0.0464 e. The van der Waals surface area contributed by atoms with Crippen molar-refractivity contribution >= 4 is 5.71 Å². The molecule has 1 aromatic carbocycles. The van der Waals surface area contributed by atoms with Crippen LogP contribution in [0.4, 0.5) is 0 Å². The third kappa shape index (κ3) is 5.06. The lowest BCUT2D eigenvalue weighted by atomic mass is 9.86. The van der Waals surface area contributed by atoms with Crippen LogP contribution in [0.2, 0.25) is 0 Å². The number of allylic oxidation sites excluding steroid dienone is 7. The molecular formula is C23H27N. The lowest BCUT2D eigenvalue weighted by Gasteiger charge is -2.22. The lowest BCUT2D eigenvalue weighted by molar-refractivity contribution is 0.629. The minimum atomic E-state index is 0.378. The number of nitrogens with zero attached hydrogens (tertiary/aromatic N) is 1. The monoisotopic (exact) mass is 317 g/mol. The van der Waals surface area contributed by atoms with E-state index in [1.807, 2.05) is 25.1 Å². The van der Waals surface area contributed by atoms with Gasteiger partial charge in [-0.2, -0.15) is 0 Å². The van der Waals surface area contributed by atoms with Crippen LogP contribution >= 0.6 is 0 Å². The van der Waals surface area contributed by atoms with Gasteiger partial charge in [-0.15, -0.1) is 0 Å². The second-order valence-electron chi connectivity index (χ2n) is 6.22. The predicted octanol–water partition coefficient (Wildman–Crippen LogP) is 5.88. The highest BCUT2D eigenvalue weighted by Gasteiger charge is 2.18. The first-order valence-corrected chi connectivity index (χ1v) is 8.53. The van der Waals surface area contributed by atoms with Crippen molar-refractivity contribution in [3.05, 3.63) is 96.2 Å². The summed E-state index contributed by atoms with van der Waals surface area (Å²) in [6, 6.07) is 10.5. The Hall–Kier alpha value is -2.41. The molecule has 0 spiro atoms. The molecule has 124 valence electrons. The van der Waals surface area contributed by atoms with E-state index < -0.39 is 0 Å². The Balaban J connectivity index is 2.04. The van der Waals surface area contributed by atoms with Crippen molar-refractivity contribution in [3.63, 3.8) is 0 Å². The maximum Gasteiger partial charge on any atom is 0.0464 e. The van der Waals surface area contributed by atoms with Gasteiger partial charge in [-0.25, -0.2) is 0 Å². The van der Waals surface area contributed by atoms with Gasteiger partial charge < -0.3 is 0 Å². The average Bonchev–Trinajstić information content (AvgIpc) is 2.61. The predicted molar refractivity (Wildman–Crippen MR) is 107 cm³/mol. The summed E-state index contributed by atoms with van der Waals surface area (Å²) in [5.74, 6) is 0.378. The molecule has 0 bridgehead atoms.